The van der Waals surface area contributed by atoms with Crippen LogP contribution >= 0.6 is 11.3 Å². The van der Waals surface area contributed by atoms with Gasteiger partial charge in [-0.05, 0) is 20.5 Å². The molecule has 0 aliphatic carbocycles. The van der Waals surface area contributed by atoms with Gasteiger partial charge in [0, 0.05) is 24.5 Å². The number of nitrogens with zero attached hydrogens (tertiary/aromatic N) is 3. The van der Waals surface area contributed by atoms with Crippen molar-refractivity contribution in [1.29, 1.82) is 0 Å². The fourth-order valence-corrected chi connectivity index (χ4v) is 2.73. The maximum atomic E-state index is 12.2. The summed E-state index contributed by atoms with van der Waals surface area (Å²) in [5.41, 5.74) is 2.13. The summed E-state index contributed by atoms with van der Waals surface area (Å²) in [5, 5.41) is 11.4. The monoisotopic (exact) mass is 255 g/mol. The Morgan fingerprint density at radius 2 is 2.47 bits per heavy atom. The van der Waals surface area contributed by atoms with Crippen molar-refractivity contribution in [1.82, 2.24) is 14.8 Å². The lowest BCUT2D eigenvalue weighted by atomic mass is 10.2. The number of β-amino-alcohol motifs (C(OH)–C–C–N with tert-alkyl or cyclic N) is 1. The van der Waals surface area contributed by atoms with Crippen LogP contribution in [-0.2, 0) is 0 Å². The lowest BCUT2D eigenvalue weighted by molar-refractivity contribution is 0.0694. The van der Waals surface area contributed by atoms with Crippen LogP contribution < -0.4 is 0 Å². The average Bonchev–Trinajstić information content (AvgIpc) is 2.85. The molecule has 2 atom stereocenters. The number of likely N-dealkylation sites (tertiary alicyclic amines) is 1. The van der Waals surface area contributed by atoms with E-state index in [9.17, 15) is 9.90 Å². The maximum Gasteiger partial charge on any atom is 0.273 e. The van der Waals surface area contributed by atoms with Crippen LogP contribution in [0.25, 0.3) is 0 Å². The van der Waals surface area contributed by atoms with Crippen LogP contribution in [0.5, 0.6) is 0 Å². The second kappa shape index (κ2) is 5.12. The number of aromatic nitrogens is 1. The minimum Gasteiger partial charge on any atom is -0.391 e. The van der Waals surface area contributed by atoms with Gasteiger partial charge >= 0.3 is 0 Å². The van der Waals surface area contributed by atoms with Gasteiger partial charge in [0.05, 0.1) is 11.6 Å². The van der Waals surface area contributed by atoms with Crippen molar-refractivity contribution in [3.63, 3.8) is 0 Å². The van der Waals surface area contributed by atoms with Gasteiger partial charge in [0.15, 0.2) is 0 Å². The highest BCUT2D eigenvalue weighted by molar-refractivity contribution is 7.07. The molecular weight excluding hydrogens is 238 g/mol. The van der Waals surface area contributed by atoms with Crippen molar-refractivity contribution >= 4 is 17.2 Å². The summed E-state index contributed by atoms with van der Waals surface area (Å²) in [4.78, 5) is 20.0. The van der Waals surface area contributed by atoms with Crippen LogP contribution in [0.15, 0.2) is 10.9 Å². The van der Waals surface area contributed by atoms with Crippen molar-refractivity contribution in [3.05, 3.63) is 16.6 Å². The summed E-state index contributed by atoms with van der Waals surface area (Å²) in [6.07, 6.45) is 0.233. The first-order valence-electron chi connectivity index (χ1n) is 5.60. The second-order valence-electron chi connectivity index (χ2n) is 4.64. The second-order valence-corrected chi connectivity index (χ2v) is 5.36. The molecule has 1 aromatic heterocycles. The van der Waals surface area contributed by atoms with Crippen LogP contribution in [0.1, 0.15) is 16.9 Å². The highest BCUT2D eigenvalue weighted by Gasteiger charge is 2.35. The Balaban J connectivity index is 2.10. The van der Waals surface area contributed by atoms with Crippen molar-refractivity contribution in [2.75, 3.05) is 27.2 Å². The number of thiazole rings is 1. The largest absolute Gasteiger partial charge is 0.391 e. The molecule has 1 N–H and O–H groups in total. The number of likely N-dealkylation sites (N-methyl/N-ethyl adjacent to an activating group) is 1. The topological polar surface area (TPSA) is 56.7 Å². The zero-order chi connectivity index (χ0) is 12.4. The first kappa shape index (κ1) is 12.5. The van der Waals surface area contributed by atoms with E-state index in [1.54, 1.807) is 15.8 Å². The minimum absolute atomic E-state index is 0.0744. The third kappa shape index (κ3) is 2.83. The maximum absolute atomic E-state index is 12.2. The van der Waals surface area contributed by atoms with Crippen LogP contribution in [0.3, 0.4) is 0 Å². The Hall–Kier alpha value is -0.980. The fourth-order valence-electron chi connectivity index (χ4n) is 2.20. The normalized spacial score (nSPS) is 24.6. The van der Waals surface area contributed by atoms with E-state index < -0.39 is 6.10 Å². The van der Waals surface area contributed by atoms with Crippen LogP contribution in [0.4, 0.5) is 0 Å². The first-order chi connectivity index (χ1) is 8.08. The van der Waals surface area contributed by atoms with Crippen molar-refractivity contribution in [2.45, 2.75) is 18.6 Å². The Bertz CT molecular complexity index is 380. The predicted molar refractivity (Wildman–Crippen MR) is 66.1 cm³/mol. The fraction of sp³-hybridized carbons (Fsp3) is 0.636. The molecule has 17 heavy (non-hydrogen) atoms. The molecule has 0 saturated carbocycles. The zero-order valence-corrected chi connectivity index (χ0v) is 10.9. The average molecular weight is 255 g/mol. The summed E-state index contributed by atoms with van der Waals surface area (Å²) < 4.78 is 0. The van der Waals surface area contributed by atoms with E-state index in [-0.39, 0.29) is 11.9 Å². The van der Waals surface area contributed by atoms with Crippen LogP contribution in [-0.4, -0.2) is 65.1 Å². The van der Waals surface area contributed by atoms with Gasteiger partial charge in [0.1, 0.15) is 5.69 Å². The molecule has 0 bridgehead atoms. The van der Waals surface area contributed by atoms with Gasteiger partial charge in [-0.3, -0.25) is 4.79 Å². The molecule has 1 fully saturated rings. The molecule has 1 aliphatic heterocycles. The van der Waals surface area contributed by atoms with Gasteiger partial charge in [0.2, 0.25) is 0 Å². The molecule has 6 heteroatoms. The van der Waals surface area contributed by atoms with E-state index in [1.807, 2.05) is 19.0 Å². The van der Waals surface area contributed by atoms with Crippen LogP contribution in [0, 0.1) is 0 Å². The van der Waals surface area contributed by atoms with E-state index in [4.69, 9.17) is 0 Å². The summed E-state index contributed by atoms with van der Waals surface area (Å²) >= 11 is 1.41. The third-order valence-corrected chi connectivity index (χ3v) is 3.47. The molecule has 1 saturated heterocycles. The SMILES string of the molecule is CN(C)CC1CC(O)CN1C(=O)c1cscn1. The summed E-state index contributed by atoms with van der Waals surface area (Å²) in [5.74, 6) is -0.0744. The number of amides is 1. The van der Waals surface area contributed by atoms with E-state index in [0.717, 1.165) is 6.54 Å². The van der Waals surface area contributed by atoms with E-state index in [2.05, 4.69) is 4.98 Å². The zero-order valence-electron chi connectivity index (χ0n) is 10.0. The number of hydrogen-bond acceptors (Lipinski definition) is 5. The molecule has 2 unspecified atom stereocenters. The van der Waals surface area contributed by atoms with Gasteiger partial charge in [-0.1, -0.05) is 0 Å². The Kier molecular flexibility index (Phi) is 3.76. The third-order valence-electron chi connectivity index (χ3n) is 2.88. The quantitative estimate of drug-likeness (QED) is 0.843. The molecule has 0 radical (unpaired) electrons. The van der Waals surface area contributed by atoms with E-state index in [0.29, 0.717) is 18.7 Å². The summed E-state index contributed by atoms with van der Waals surface area (Å²) in [7, 11) is 3.94. The van der Waals surface area contributed by atoms with Gasteiger partial charge in [-0.15, -0.1) is 11.3 Å². The lowest BCUT2D eigenvalue weighted by Gasteiger charge is -2.26. The molecule has 1 aromatic rings. The summed E-state index contributed by atoms with van der Waals surface area (Å²) in [6.45, 7) is 1.18. The molecule has 1 aliphatic rings. The molecular formula is C11H17N3O2S. The Labute approximate surface area is 105 Å². The number of aliphatic hydroxyl groups excluding tert-OH is 1. The lowest BCUT2D eigenvalue weighted by Crippen LogP contribution is -2.41. The molecule has 5 nitrogen and oxygen atoms in total. The molecule has 94 valence electrons. The molecule has 2 rings (SSSR count). The Morgan fingerprint density at radius 3 is 3.06 bits per heavy atom. The van der Waals surface area contributed by atoms with Crippen molar-refractivity contribution in [2.24, 2.45) is 0 Å². The number of hydrogen-bond donors (Lipinski definition) is 1. The molecule has 1 amide bonds. The minimum atomic E-state index is -0.414. The van der Waals surface area contributed by atoms with Crippen molar-refractivity contribution < 1.29 is 9.90 Å². The molecule has 0 aromatic carbocycles. The van der Waals surface area contributed by atoms with Gasteiger partial charge in [-0.25, -0.2) is 4.98 Å². The van der Waals surface area contributed by atoms with E-state index in [1.165, 1.54) is 11.3 Å². The highest BCUT2D eigenvalue weighted by Crippen LogP contribution is 2.21. The van der Waals surface area contributed by atoms with Crippen molar-refractivity contribution in [3.8, 4) is 0 Å². The molecule has 0 spiro atoms. The van der Waals surface area contributed by atoms with Gasteiger partial charge < -0.3 is 14.9 Å². The first-order valence-corrected chi connectivity index (χ1v) is 6.54. The number of aliphatic hydroxyl groups is 1. The van der Waals surface area contributed by atoms with Gasteiger partial charge in [-0.2, -0.15) is 0 Å². The number of carbonyl (C=O) groups is 1. The standard InChI is InChI=1S/C11H17N3O2S/c1-13(2)4-8-3-9(15)5-14(8)11(16)10-6-17-7-12-10/h6-9,15H,3-5H2,1-2H3. The molecule has 2 heterocycles. The Morgan fingerprint density at radius 1 is 1.71 bits per heavy atom. The smallest absolute Gasteiger partial charge is 0.273 e. The highest BCUT2D eigenvalue weighted by atomic mass is 32.1. The van der Waals surface area contributed by atoms with Gasteiger partial charge in [0.25, 0.3) is 5.91 Å². The predicted octanol–water partition coefficient (Wildman–Crippen LogP) is 0.280. The van der Waals surface area contributed by atoms with Crippen LogP contribution in [0.2, 0.25) is 0 Å². The number of rotatable bonds is 3. The number of carbonyl (C=O) groups excluding carboxylic acids is 1. The summed E-state index contributed by atoms with van der Waals surface area (Å²) in [6, 6.07) is 0.0780. The van der Waals surface area contributed by atoms with E-state index >= 15 is 0 Å².